The highest BCUT2D eigenvalue weighted by atomic mass is 16.5. The largest absolute Gasteiger partial charge is 0.492 e. The number of piperidine rings is 1. The lowest BCUT2D eigenvalue weighted by molar-refractivity contribution is -0.130. The molecule has 0 aliphatic carbocycles. The van der Waals surface area contributed by atoms with Crippen LogP contribution in [0.2, 0.25) is 0 Å². The van der Waals surface area contributed by atoms with Crippen molar-refractivity contribution in [2.24, 2.45) is 0 Å². The molecule has 0 aromatic heterocycles. The van der Waals surface area contributed by atoms with E-state index in [2.05, 4.69) is 10.2 Å². The number of likely N-dealkylation sites (tertiary alicyclic amines) is 1. The Balaban J connectivity index is 1.58. The Morgan fingerprint density at radius 3 is 2.53 bits per heavy atom. The van der Waals surface area contributed by atoms with E-state index in [1.54, 1.807) is 12.1 Å². The normalized spacial score (nSPS) is 20.4. The fourth-order valence-corrected chi connectivity index (χ4v) is 3.73. The van der Waals surface area contributed by atoms with E-state index < -0.39 is 12.1 Å². The summed E-state index contributed by atoms with van der Waals surface area (Å²) in [6, 6.07) is 16.3. The molecule has 0 unspecified atom stereocenters. The number of amides is 1. The molecule has 3 atom stereocenters. The van der Waals surface area contributed by atoms with Gasteiger partial charge in [0, 0.05) is 18.7 Å². The second kappa shape index (κ2) is 10.4. The van der Waals surface area contributed by atoms with Crippen molar-refractivity contribution in [1.29, 1.82) is 0 Å². The third kappa shape index (κ3) is 5.90. The third-order valence-corrected chi connectivity index (χ3v) is 5.55. The zero-order valence-corrected chi connectivity index (χ0v) is 17.6. The molecule has 2 N–H and O–H groups in total. The van der Waals surface area contributed by atoms with Crippen LogP contribution in [0.3, 0.4) is 0 Å². The number of ether oxygens (including phenoxy) is 1. The summed E-state index contributed by atoms with van der Waals surface area (Å²) >= 11 is 0. The number of aliphatic hydroxyl groups is 1. The molecule has 3 rings (SSSR count). The molecule has 1 aliphatic rings. The molecule has 2 aromatic carbocycles. The van der Waals surface area contributed by atoms with Gasteiger partial charge >= 0.3 is 0 Å². The Labute approximate surface area is 177 Å². The zero-order chi connectivity index (χ0) is 21.5. The highest BCUT2D eigenvalue weighted by Gasteiger charge is 2.33. The van der Waals surface area contributed by atoms with Crippen molar-refractivity contribution in [3.8, 4) is 5.75 Å². The van der Waals surface area contributed by atoms with Crippen LogP contribution in [0.1, 0.15) is 48.7 Å². The molecule has 30 heavy (non-hydrogen) atoms. The lowest BCUT2D eigenvalue weighted by Crippen LogP contribution is -2.53. The summed E-state index contributed by atoms with van der Waals surface area (Å²) in [6.45, 7) is 5.19. The smallest absolute Gasteiger partial charge is 0.237 e. The Morgan fingerprint density at radius 1 is 1.17 bits per heavy atom. The standard InChI is InChI=1S/C24H30N2O4/c1-17(19-8-10-20(11-9-19)18(2)27)25-24(29)23-16-21(28)12-13-26(23)14-15-30-22-6-4-3-5-7-22/h3-11,17,21,23,28H,12-16H2,1-2H3,(H,25,29)/t17-,21-,23+/m0/s1. The monoisotopic (exact) mass is 410 g/mol. The minimum atomic E-state index is -0.475. The van der Waals surface area contributed by atoms with Gasteiger partial charge in [0.1, 0.15) is 12.4 Å². The van der Waals surface area contributed by atoms with Crippen LogP contribution in [-0.2, 0) is 4.79 Å². The van der Waals surface area contributed by atoms with E-state index >= 15 is 0 Å². The Bertz CT molecular complexity index is 838. The Hall–Kier alpha value is -2.70. The summed E-state index contributed by atoms with van der Waals surface area (Å²) in [4.78, 5) is 26.5. The third-order valence-electron chi connectivity index (χ3n) is 5.55. The van der Waals surface area contributed by atoms with Crippen molar-refractivity contribution in [3.05, 3.63) is 65.7 Å². The number of nitrogens with zero attached hydrogens (tertiary/aromatic N) is 1. The van der Waals surface area contributed by atoms with Gasteiger partial charge in [0.25, 0.3) is 0 Å². The van der Waals surface area contributed by atoms with Crippen molar-refractivity contribution in [1.82, 2.24) is 10.2 Å². The molecule has 0 spiro atoms. The van der Waals surface area contributed by atoms with E-state index in [1.807, 2.05) is 49.4 Å². The lowest BCUT2D eigenvalue weighted by Gasteiger charge is -2.37. The van der Waals surface area contributed by atoms with E-state index in [9.17, 15) is 14.7 Å². The van der Waals surface area contributed by atoms with Crippen LogP contribution in [-0.4, -0.2) is 53.5 Å². The molecule has 0 bridgehead atoms. The average molecular weight is 411 g/mol. The molecule has 1 heterocycles. The molecule has 0 radical (unpaired) electrons. The maximum Gasteiger partial charge on any atom is 0.237 e. The number of para-hydroxylation sites is 1. The molecule has 6 nitrogen and oxygen atoms in total. The first-order valence-electron chi connectivity index (χ1n) is 10.5. The minimum absolute atomic E-state index is 0.0165. The Morgan fingerprint density at radius 2 is 1.87 bits per heavy atom. The number of aliphatic hydroxyl groups excluding tert-OH is 1. The molecule has 1 fully saturated rings. The van der Waals surface area contributed by atoms with Crippen molar-refractivity contribution < 1.29 is 19.4 Å². The van der Waals surface area contributed by atoms with Gasteiger partial charge in [0.15, 0.2) is 5.78 Å². The predicted molar refractivity (Wildman–Crippen MR) is 116 cm³/mol. The van der Waals surface area contributed by atoms with Crippen LogP contribution in [0.4, 0.5) is 0 Å². The van der Waals surface area contributed by atoms with Gasteiger partial charge in [0.05, 0.1) is 18.2 Å². The highest BCUT2D eigenvalue weighted by Crippen LogP contribution is 2.20. The van der Waals surface area contributed by atoms with Gasteiger partial charge in [0.2, 0.25) is 5.91 Å². The fraction of sp³-hybridized carbons (Fsp3) is 0.417. The average Bonchev–Trinajstić information content (AvgIpc) is 2.75. The zero-order valence-electron chi connectivity index (χ0n) is 17.6. The summed E-state index contributed by atoms with van der Waals surface area (Å²) in [6.07, 6.45) is 0.585. The number of ketones is 1. The maximum absolute atomic E-state index is 13.0. The number of Topliss-reactive ketones (excluding diaryl/α,β-unsaturated/α-hetero) is 1. The first-order valence-corrected chi connectivity index (χ1v) is 10.5. The van der Waals surface area contributed by atoms with Crippen LogP contribution in [0.5, 0.6) is 5.75 Å². The minimum Gasteiger partial charge on any atom is -0.492 e. The number of carbonyl (C=O) groups is 2. The Kier molecular flexibility index (Phi) is 7.60. The predicted octanol–water partition coefficient (Wildman–Crippen LogP) is 2.97. The van der Waals surface area contributed by atoms with Gasteiger partial charge in [-0.25, -0.2) is 0 Å². The second-order valence-electron chi connectivity index (χ2n) is 7.80. The van der Waals surface area contributed by atoms with E-state index in [1.165, 1.54) is 6.92 Å². The molecular weight excluding hydrogens is 380 g/mol. The number of carbonyl (C=O) groups excluding carboxylic acids is 2. The van der Waals surface area contributed by atoms with Gasteiger partial charge in [-0.2, -0.15) is 0 Å². The number of rotatable bonds is 8. The second-order valence-corrected chi connectivity index (χ2v) is 7.80. The maximum atomic E-state index is 13.0. The van der Waals surface area contributed by atoms with E-state index in [0.29, 0.717) is 38.1 Å². The number of benzene rings is 2. The number of hydrogen-bond acceptors (Lipinski definition) is 5. The van der Waals surface area contributed by atoms with E-state index in [4.69, 9.17) is 4.74 Å². The number of nitrogens with one attached hydrogen (secondary N) is 1. The van der Waals surface area contributed by atoms with Crippen molar-refractivity contribution in [3.63, 3.8) is 0 Å². The van der Waals surface area contributed by atoms with Crippen LogP contribution in [0.15, 0.2) is 54.6 Å². The fourth-order valence-electron chi connectivity index (χ4n) is 3.73. The quantitative estimate of drug-likeness (QED) is 0.654. The van der Waals surface area contributed by atoms with Crippen molar-refractivity contribution in [2.45, 2.75) is 44.9 Å². The lowest BCUT2D eigenvalue weighted by atomic mass is 9.98. The molecular formula is C24H30N2O4. The summed E-state index contributed by atoms with van der Waals surface area (Å²) in [5.41, 5.74) is 1.58. The molecule has 0 saturated carbocycles. The van der Waals surface area contributed by atoms with E-state index in [0.717, 1.165) is 11.3 Å². The molecule has 6 heteroatoms. The van der Waals surface area contributed by atoms with Gasteiger partial charge in [-0.3, -0.25) is 14.5 Å². The summed E-state index contributed by atoms with van der Waals surface area (Å²) in [7, 11) is 0. The molecule has 2 aromatic rings. The highest BCUT2D eigenvalue weighted by molar-refractivity contribution is 5.94. The van der Waals surface area contributed by atoms with Crippen LogP contribution in [0, 0.1) is 0 Å². The summed E-state index contributed by atoms with van der Waals surface area (Å²) < 4.78 is 5.78. The van der Waals surface area contributed by atoms with E-state index in [-0.39, 0.29) is 17.7 Å². The first kappa shape index (κ1) is 22.0. The molecule has 1 aliphatic heterocycles. The molecule has 160 valence electrons. The van der Waals surface area contributed by atoms with Crippen molar-refractivity contribution in [2.75, 3.05) is 19.7 Å². The summed E-state index contributed by atoms with van der Waals surface area (Å²) in [5, 5.41) is 13.2. The van der Waals surface area contributed by atoms with Gasteiger partial charge in [-0.1, -0.05) is 42.5 Å². The van der Waals surface area contributed by atoms with Gasteiger partial charge in [-0.05, 0) is 44.4 Å². The number of hydrogen-bond donors (Lipinski definition) is 2. The van der Waals surface area contributed by atoms with Gasteiger partial charge in [-0.15, -0.1) is 0 Å². The van der Waals surface area contributed by atoms with Crippen LogP contribution >= 0.6 is 0 Å². The summed E-state index contributed by atoms with van der Waals surface area (Å²) in [5.74, 6) is 0.720. The first-order chi connectivity index (χ1) is 14.4. The van der Waals surface area contributed by atoms with Crippen LogP contribution < -0.4 is 10.1 Å². The molecule has 1 saturated heterocycles. The topological polar surface area (TPSA) is 78.9 Å². The van der Waals surface area contributed by atoms with Crippen LogP contribution in [0.25, 0.3) is 0 Å². The SMILES string of the molecule is CC(=O)c1ccc([C@H](C)NC(=O)[C@H]2C[C@@H](O)CCN2CCOc2ccccc2)cc1. The van der Waals surface area contributed by atoms with Gasteiger partial charge < -0.3 is 15.2 Å². The van der Waals surface area contributed by atoms with Crippen molar-refractivity contribution >= 4 is 11.7 Å². The molecule has 1 amide bonds.